The Morgan fingerprint density at radius 1 is 1.06 bits per heavy atom. The second-order valence-electron chi connectivity index (χ2n) is 7.70. The lowest BCUT2D eigenvalue weighted by Gasteiger charge is -2.15. The number of nitrogens with one attached hydrogen (secondary N) is 1. The van der Waals surface area contributed by atoms with Crippen LogP contribution in [0.25, 0.3) is 10.9 Å². The number of para-hydroxylation sites is 1. The average molecular weight is 461 g/mol. The van der Waals surface area contributed by atoms with Gasteiger partial charge in [-0.05, 0) is 49.2 Å². The predicted molar refractivity (Wildman–Crippen MR) is 123 cm³/mol. The van der Waals surface area contributed by atoms with Gasteiger partial charge in [0.15, 0.2) is 9.84 Å². The molecule has 2 aromatic carbocycles. The molecular weight excluding hydrogens is 436 g/mol. The number of benzene rings is 2. The van der Waals surface area contributed by atoms with Gasteiger partial charge in [0.25, 0.3) is 0 Å². The quantitative estimate of drug-likeness (QED) is 0.488. The van der Waals surface area contributed by atoms with Gasteiger partial charge >= 0.3 is 0 Å². The number of sulfone groups is 1. The summed E-state index contributed by atoms with van der Waals surface area (Å²) in [5.74, 6) is 2.01. The lowest BCUT2D eigenvalue weighted by molar-refractivity contribution is 0.210. The molecular formula is C23H25ClN2O4S. The smallest absolute Gasteiger partial charge is 0.218 e. The highest BCUT2D eigenvalue weighted by molar-refractivity contribution is 7.91. The summed E-state index contributed by atoms with van der Waals surface area (Å²) in [7, 11) is -2.87. The number of rotatable bonds is 9. The maximum absolute atomic E-state index is 11.7. The molecule has 8 heteroatoms. The molecule has 1 N–H and O–H groups in total. The van der Waals surface area contributed by atoms with Gasteiger partial charge in [-0.3, -0.25) is 0 Å². The zero-order valence-corrected chi connectivity index (χ0v) is 18.7. The standard InChI is InChI=1S/C23H25ClN2O4S/c24-20-7-6-18-12-19(15-25-14-17-8-11-31(27,28)16-17)23(26-22(18)13-20)30-10-9-29-21-4-2-1-3-5-21/h1-7,12-13,17,25H,8-11,14-16H2. The van der Waals surface area contributed by atoms with Crippen LogP contribution in [0.3, 0.4) is 0 Å². The zero-order chi connectivity index (χ0) is 21.7. The van der Waals surface area contributed by atoms with E-state index < -0.39 is 9.84 Å². The van der Waals surface area contributed by atoms with Gasteiger partial charge in [-0.1, -0.05) is 35.9 Å². The Kier molecular flexibility index (Phi) is 6.95. The number of nitrogens with zero attached hydrogens (tertiary/aromatic N) is 1. The molecule has 1 saturated heterocycles. The second-order valence-corrected chi connectivity index (χ2v) is 10.4. The molecule has 0 aliphatic carbocycles. The average Bonchev–Trinajstić information content (AvgIpc) is 3.10. The monoisotopic (exact) mass is 460 g/mol. The van der Waals surface area contributed by atoms with Gasteiger partial charge in [0.1, 0.15) is 19.0 Å². The molecule has 1 aromatic heterocycles. The first kappa shape index (κ1) is 21.9. The first-order chi connectivity index (χ1) is 15.0. The van der Waals surface area contributed by atoms with Crippen LogP contribution in [0.4, 0.5) is 0 Å². The van der Waals surface area contributed by atoms with E-state index in [1.807, 2.05) is 54.6 Å². The Morgan fingerprint density at radius 2 is 1.87 bits per heavy atom. The van der Waals surface area contributed by atoms with Crippen LogP contribution in [0, 0.1) is 5.92 Å². The predicted octanol–water partition coefficient (Wildman–Crippen LogP) is 3.87. The molecule has 4 rings (SSSR count). The second kappa shape index (κ2) is 9.85. The van der Waals surface area contributed by atoms with E-state index in [0.717, 1.165) is 22.2 Å². The fraction of sp³-hybridized carbons (Fsp3) is 0.348. The third-order valence-electron chi connectivity index (χ3n) is 5.23. The summed E-state index contributed by atoms with van der Waals surface area (Å²) in [6.45, 7) is 1.93. The highest BCUT2D eigenvalue weighted by Crippen LogP contribution is 2.25. The first-order valence-electron chi connectivity index (χ1n) is 10.3. The van der Waals surface area contributed by atoms with Gasteiger partial charge in [-0.15, -0.1) is 0 Å². The summed E-state index contributed by atoms with van der Waals surface area (Å²) in [5, 5.41) is 4.96. The van der Waals surface area contributed by atoms with Crippen LogP contribution < -0.4 is 14.8 Å². The molecule has 0 amide bonds. The Morgan fingerprint density at radius 3 is 2.65 bits per heavy atom. The van der Waals surface area contributed by atoms with Crippen molar-refractivity contribution in [2.75, 3.05) is 31.3 Å². The van der Waals surface area contributed by atoms with E-state index in [9.17, 15) is 8.42 Å². The Labute approximate surface area is 187 Å². The summed E-state index contributed by atoms with van der Waals surface area (Å²) in [4.78, 5) is 4.66. The van der Waals surface area contributed by atoms with Crippen molar-refractivity contribution < 1.29 is 17.9 Å². The minimum atomic E-state index is -2.87. The molecule has 2 heterocycles. The number of halogens is 1. The third kappa shape index (κ3) is 6.09. The van der Waals surface area contributed by atoms with Crippen molar-refractivity contribution in [3.8, 4) is 11.6 Å². The first-order valence-corrected chi connectivity index (χ1v) is 12.5. The van der Waals surface area contributed by atoms with Crippen molar-refractivity contribution >= 4 is 32.3 Å². The fourth-order valence-electron chi connectivity index (χ4n) is 3.68. The van der Waals surface area contributed by atoms with Crippen molar-refractivity contribution in [1.82, 2.24) is 10.3 Å². The molecule has 1 aliphatic rings. The molecule has 31 heavy (non-hydrogen) atoms. The molecule has 6 nitrogen and oxygen atoms in total. The van der Waals surface area contributed by atoms with E-state index in [1.165, 1.54) is 0 Å². The third-order valence-corrected chi connectivity index (χ3v) is 7.30. The Hall–Kier alpha value is -2.35. The minimum Gasteiger partial charge on any atom is -0.490 e. The summed E-state index contributed by atoms with van der Waals surface area (Å²) in [6, 6.07) is 17.2. The lowest BCUT2D eigenvalue weighted by atomic mass is 10.1. The summed E-state index contributed by atoms with van der Waals surface area (Å²) < 4.78 is 35.0. The van der Waals surface area contributed by atoms with Crippen molar-refractivity contribution in [3.05, 3.63) is 65.2 Å². The van der Waals surface area contributed by atoms with Crippen LogP contribution in [0.5, 0.6) is 11.6 Å². The van der Waals surface area contributed by atoms with Crippen molar-refractivity contribution in [2.45, 2.75) is 13.0 Å². The largest absolute Gasteiger partial charge is 0.490 e. The van der Waals surface area contributed by atoms with Crippen LogP contribution in [-0.2, 0) is 16.4 Å². The van der Waals surface area contributed by atoms with Crippen molar-refractivity contribution in [2.24, 2.45) is 5.92 Å². The van der Waals surface area contributed by atoms with E-state index in [4.69, 9.17) is 21.1 Å². The molecule has 164 valence electrons. The maximum Gasteiger partial charge on any atom is 0.218 e. The highest BCUT2D eigenvalue weighted by Gasteiger charge is 2.27. The minimum absolute atomic E-state index is 0.154. The van der Waals surface area contributed by atoms with Crippen LogP contribution in [0.15, 0.2) is 54.6 Å². The van der Waals surface area contributed by atoms with Gasteiger partial charge < -0.3 is 14.8 Å². The molecule has 0 spiro atoms. The number of ether oxygens (including phenoxy) is 2. The molecule has 0 bridgehead atoms. The van der Waals surface area contributed by atoms with Crippen LogP contribution in [0.1, 0.15) is 12.0 Å². The van der Waals surface area contributed by atoms with Gasteiger partial charge in [-0.25, -0.2) is 13.4 Å². The van der Waals surface area contributed by atoms with E-state index in [2.05, 4.69) is 10.3 Å². The summed E-state index contributed by atoms with van der Waals surface area (Å²) >= 11 is 6.12. The van der Waals surface area contributed by atoms with Gasteiger partial charge in [-0.2, -0.15) is 0 Å². The molecule has 1 aliphatic heterocycles. The van der Waals surface area contributed by atoms with Crippen molar-refractivity contribution in [3.63, 3.8) is 0 Å². The summed E-state index contributed by atoms with van der Waals surface area (Å²) in [6.07, 6.45) is 0.712. The van der Waals surface area contributed by atoms with Gasteiger partial charge in [0.2, 0.25) is 5.88 Å². The number of fused-ring (bicyclic) bond motifs is 1. The number of hydrogen-bond acceptors (Lipinski definition) is 6. The number of aromatic nitrogens is 1. The fourth-order valence-corrected chi connectivity index (χ4v) is 5.70. The maximum atomic E-state index is 11.7. The van der Waals surface area contributed by atoms with E-state index in [1.54, 1.807) is 0 Å². The van der Waals surface area contributed by atoms with Gasteiger partial charge in [0, 0.05) is 22.5 Å². The SMILES string of the molecule is O=S1(=O)CCC(CNCc2cc3ccc(Cl)cc3nc2OCCOc2ccccc2)C1. The Bertz CT molecular complexity index is 1140. The number of pyridine rings is 1. The lowest BCUT2D eigenvalue weighted by Crippen LogP contribution is -2.24. The zero-order valence-electron chi connectivity index (χ0n) is 17.1. The van der Waals surface area contributed by atoms with Crippen LogP contribution >= 0.6 is 11.6 Å². The molecule has 1 atom stereocenters. The van der Waals surface area contributed by atoms with Crippen molar-refractivity contribution in [1.29, 1.82) is 0 Å². The van der Waals surface area contributed by atoms with Crippen LogP contribution in [-0.4, -0.2) is 44.7 Å². The molecule has 3 aromatic rings. The normalized spacial score (nSPS) is 17.6. The number of hydrogen-bond donors (Lipinski definition) is 1. The van der Waals surface area contributed by atoms with E-state index in [-0.39, 0.29) is 17.4 Å². The molecule has 0 radical (unpaired) electrons. The van der Waals surface area contributed by atoms with Crippen LogP contribution in [0.2, 0.25) is 5.02 Å². The van der Waals surface area contributed by atoms with E-state index in [0.29, 0.717) is 43.6 Å². The molecule has 0 saturated carbocycles. The van der Waals surface area contributed by atoms with E-state index >= 15 is 0 Å². The topological polar surface area (TPSA) is 77.5 Å². The molecule has 1 fully saturated rings. The van der Waals surface area contributed by atoms with Gasteiger partial charge in [0.05, 0.1) is 17.0 Å². The summed E-state index contributed by atoms with van der Waals surface area (Å²) in [5.41, 5.74) is 1.67. The molecule has 1 unspecified atom stereocenters. The highest BCUT2D eigenvalue weighted by atomic mass is 35.5. The Balaban J connectivity index is 1.41.